The van der Waals surface area contributed by atoms with Crippen molar-refractivity contribution in [2.75, 3.05) is 26.0 Å². The quantitative estimate of drug-likeness (QED) is 0.875. The van der Waals surface area contributed by atoms with E-state index in [9.17, 15) is 4.79 Å². The average Bonchev–Trinajstić information content (AvgIpc) is 2.87. The molecule has 2 rings (SSSR count). The van der Waals surface area contributed by atoms with Gasteiger partial charge in [-0.25, -0.2) is 4.79 Å². The molecular weight excluding hydrogens is 276 g/mol. The van der Waals surface area contributed by atoms with Crippen LogP contribution in [-0.4, -0.2) is 42.2 Å². The molecule has 0 heterocycles. The Morgan fingerprint density at radius 3 is 2.55 bits per heavy atom. The number of hydrogen-bond acceptors (Lipinski definition) is 3. The molecule has 0 atom stereocenters. The van der Waals surface area contributed by atoms with Gasteiger partial charge in [-0.15, -0.1) is 0 Å². The Hall–Kier alpha value is -1.26. The molecule has 4 nitrogen and oxygen atoms in total. The number of hydrogen-bond donors (Lipinski definition) is 2. The summed E-state index contributed by atoms with van der Waals surface area (Å²) in [6.45, 7) is 0.826. The molecule has 0 aromatic heterocycles. The molecule has 1 aliphatic carbocycles. The van der Waals surface area contributed by atoms with Crippen LogP contribution in [0.1, 0.15) is 36.0 Å². The third kappa shape index (κ3) is 3.07. The number of carboxylic acid groups (broad SMARTS) is 1. The predicted molar refractivity (Wildman–Crippen MR) is 81.8 cm³/mol. The van der Waals surface area contributed by atoms with E-state index in [1.165, 1.54) is 31.7 Å². The van der Waals surface area contributed by atoms with Gasteiger partial charge in [0.15, 0.2) is 0 Å². The fraction of sp³-hybridized carbons (Fsp3) is 0.533. The molecule has 1 aromatic carbocycles. The highest BCUT2D eigenvalue weighted by Crippen LogP contribution is 2.34. The van der Waals surface area contributed by atoms with Crippen LogP contribution in [0.4, 0.5) is 5.69 Å². The van der Waals surface area contributed by atoms with Crippen LogP contribution in [-0.2, 0) is 0 Å². The number of nitrogens with zero attached hydrogens (tertiary/aromatic N) is 1. The standard InChI is InChI=1S/C15H21ClN2O2/c1-18(2)15(7-3-4-8-15)10-17-13-6-5-11(14(19)20)9-12(13)16/h5-6,9,17H,3-4,7-8,10H2,1-2H3,(H,19,20). The minimum absolute atomic E-state index is 0.175. The monoisotopic (exact) mass is 296 g/mol. The predicted octanol–water partition coefficient (Wildman–Crippen LogP) is 3.32. The van der Waals surface area contributed by atoms with Crippen LogP contribution in [0.2, 0.25) is 5.02 Å². The molecule has 0 spiro atoms. The van der Waals surface area contributed by atoms with Gasteiger partial charge in [0.2, 0.25) is 0 Å². The van der Waals surface area contributed by atoms with Gasteiger partial charge in [0, 0.05) is 12.1 Å². The number of anilines is 1. The van der Waals surface area contributed by atoms with E-state index in [0.29, 0.717) is 5.02 Å². The number of nitrogens with one attached hydrogen (secondary N) is 1. The third-order valence-electron chi connectivity index (χ3n) is 4.31. The summed E-state index contributed by atoms with van der Waals surface area (Å²) < 4.78 is 0. The Labute approximate surface area is 124 Å². The van der Waals surface area contributed by atoms with Gasteiger partial charge < -0.3 is 15.3 Å². The molecular formula is C15H21ClN2O2. The van der Waals surface area contributed by atoms with Gasteiger partial charge >= 0.3 is 5.97 Å². The van der Waals surface area contributed by atoms with E-state index in [2.05, 4.69) is 24.3 Å². The van der Waals surface area contributed by atoms with Crippen LogP contribution in [0, 0.1) is 0 Å². The lowest BCUT2D eigenvalue weighted by Crippen LogP contribution is -2.47. The fourth-order valence-electron chi connectivity index (χ4n) is 2.87. The maximum Gasteiger partial charge on any atom is 0.335 e. The Kier molecular flexibility index (Phi) is 4.55. The molecule has 0 radical (unpaired) electrons. The summed E-state index contributed by atoms with van der Waals surface area (Å²) in [7, 11) is 4.23. The van der Waals surface area contributed by atoms with Gasteiger partial charge in [-0.1, -0.05) is 24.4 Å². The first-order chi connectivity index (χ1) is 9.44. The Morgan fingerprint density at radius 1 is 1.40 bits per heavy atom. The second-order valence-electron chi connectivity index (χ2n) is 5.68. The first kappa shape index (κ1) is 15.1. The first-order valence-corrected chi connectivity index (χ1v) is 7.26. The minimum atomic E-state index is -0.959. The van der Waals surface area contributed by atoms with E-state index >= 15 is 0 Å². The molecule has 0 amide bonds. The van der Waals surface area contributed by atoms with E-state index in [1.807, 2.05) is 0 Å². The van der Waals surface area contributed by atoms with Gasteiger partial charge in [0.1, 0.15) is 0 Å². The van der Waals surface area contributed by atoms with Crippen molar-refractivity contribution in [2.24, 2.45) is 0 Å². The molecule has 110 valence electrons. The number of aromatic carboxylic acids is 1. The molecule has 20 heavy (non-hydrogen) atoms. The lowest BCUT2D eigenvalue weighted by atomic mass is 9.96. The number of benzene rings is 1. The summed E-state index contributed by atoms with van der Waals surface area (Å²) in [5.74, 6) is -0.959. The van der Waals surface area contributed by atoms with E-state index in [1.54, 1.807) is 12.1 Å². The van der Waals surface area contributed by atoms with Crippen molar-refractivity contribution in [1.82, 2.24) is 4.90 Å². The summed E-state index contributed by atoms with van der Waals surface area (Å²) in [5, 5.41) is 12.8. The van der Waals surface area contributed by atoms with Crippen molar-refractivity contribution in [3.63, 3.8) is 0 Å². The topological polar surface area (TPSA) is 52.6 Å². The van der Waals surface area contributed by atoms with E-state index in [4.69, 9.17) is 16.7 Å². The Balaban J connectivity index is 2.09. The van der Waals surface area contributed by atoms with Crippen molar-refractivity contribution in [2.45, 2.75) is 31.2 Å². The number of rotatable bonds is 5. The number of likely N-dealkylation sites (N-methyl/N-ethyl adjacent to an activating group) is 1. The van der Waals surface area contributed by atoms with Gasteiger partial charge in [-0.2, -0.15) is 0 Å². The fourth-order valence-corrected chi connectivity index (χ4v) is 3.11. The smallest absolute Gasteiger partial charge is 0.335 e. The molecule has 1 fully saturated rings. The molecule has 0 bridgehead atoms. The van der Waals surface area contributed by atoms with Gasteiger partial charge in [0.05, 0.1) is 16.3 Å². The van der Waals surface area contributed by atoms with Crippen molar-refractivity contribution in [3.05, 3.63) is 28.8 Å². The molecule has 0 saturated heterocycles. The van der Waals surface area contributed by atoms with E-state index in [0.717, 1.165) is 12.2 Å². The maximum absolute atomic E-state index is 10.9. The van der Waals surface area contributed by atoms with Crippen LogP contribution in [0.3, 0.4) is 0 Å². The molecule has 1 aliphatic rings. The van der Waals surface area contributed by atoms with Gasteiger partial charge in [-0.3, -0.25) is 0 Å². The number of carboxylic acids is 1. The highest BCUT2D eigenvalue weighted by atomic mass is 35.5. The molecule has 0 unspecified atom stereocenters. The van der Waals surface area contributed by atoms with Crippen LogP contribution in [0.5, 0.6) is 0 Å². The maximum atomic E-state index is 10.9. The highest BCUT2D eigenvalue weighted by molar-refractivity contribution is 6.33. The third-order valence-corrected chi connectivity index (χ3v) is 4.62. The van der Waals surface area contributed by atoms with Crippen LogP contribution >= 0.6 is 11.6 Å². The zero-order chi connectivity index (χ0) is 14.8. The largest absolute Gasteiger partial charge is 0.478 e. The number of halogens is 1. The van der Waals surface area contributed by atoms with Crippen LogP contribution in [0.25, 0.3) is 0 Å². The summed E-state index contributed by atoms with van der Waals surface area (Å²) in [6.07, 6.45) is 4.87. The summed E-state index contributed by atoms with van der Waals surface area (Å²) in [6, 6.07) is 4.81. The second kappa shape index (κ2) is 6.02. The minimum Gasteiger partial charge on any atom is -0.478 e. The van der Waals surface area contributed by atoms with Gasteiger partial charge in [0.25, 0.3) is 0 Å². The van der Waals surface area contributed by atoms with E-state index < -0.39 is 5.97 Å². The molecule has 0 aliphatic heterocycles. The van der Waals surface area contributed by atoms with E-state index in [-0.39, 0.29) is 11.1 Å². The number of carbonyl (C=O) groups is 1. The lowest BCUT2D eigenvalue weighted by molar-refractivity contribution is 0.0697. The summed E-state index contributed by atoms with van der Waals surface area (Å²) in [4.78, 5) is 13.2. The average molecular weight is 297 g/mol. The summed E-state index contributed by atoms with van der Waals surface area (Å²) in [5.41, 5.74) is 1.18. The molecule has 2 N–H and O–H groups in total. The SMILES string of the molecule is CN(C)C1(CNc2ccc(C(=O)O)cc2Cl)CCCC1. The Bertz CT molecular complexity index is 497. The Morgan fingerprint density at radius 2 is 2.05 bits per heavy atom. The van der Waals surface area contributed by atoms with Crippen molar-refractivity contribution < 1.29 is 9.90 Å². The van der Waals surface area contributed by atoms with Crippen LogP contribution < -0.4 is 5.32 Å². The van der Waals surface area contributed by atoms with Crippen molar-refractivity contribution in [1.29, 1.82) is 0 Å². The molecule has 1 saturated carbocycles. The summed E-state index contributed by atoms with van der Waals surface area (Å²) >= 11 is 6.14. The van der Waals surface area contributed by atoms with Gasteiger partial charge in [-0.05, 0) is 45.1 Å². The van der Waals surface area contributed by atoms with Crippen molar-refractivity contribution >= 4 is 23.3 Å². The molecule has 5 heteroatoms. The van der Waals surface area contributed by atoms with Crippen LogP contribution in [0.15, 0.2) is 18.2 Å². The zero-order valence-electron chi connectivity index (χ0n) is 11.9. The lowest BCUT2D eigenvalue weighted by Gasteiger charge is -2.37. The first-order valence-electron chi connectivity index (χ1n) is 6.89. The zero-order valence-corrected chi connectivity index (χ0v) is 12.7. The van der Waals surface area contributed by atoms with Crippen molar-refractivity contribution in [3.8, 4) is 0 Å². The highest BCUT2D eigenvalue weighted by Gasteiger charge is 2.35. The molecule has 1 aromatic rings. The normalized spacial score (nSPS) is 17.4. The second-order valence-corrected chi connectivity index (χ2v) is 6.09.